The molecule has 8 heteroatoms. The van der Waals surface area contributed by atoms with Crippen molar-refractivity contribution in [3.8, 4) is 28.6 Å². The molecule has 0 saturated carbocycles. The van der Waals surface area contributed by atoms with Crippen molar-refractivity contribution in [1.82, 2.24) is 19.6 Å². The maximum absolute atomic E-state index is 12.4. The van der Waals surface area contributed by atoms with E-state index in [1.807, 2.05) is 24.3 Å². The van der Waals surface area contributed by atoms with Crippen LogP contribution in [0.1, 0.15) is 19.8 Å². The number of amides is 1. The van der Waals surface area contributed by atoms with Gasteiger partial charge in [-0.15, -0.1) is 0 Å². The molecule has 2 heterocycles. The van der Waals surface area contributed by atoms with E-state index in [1.165, 1.54) is 10.6 Å². The molecule has 0 unspecified atom stereocenters. The molecule has 0 aliphatic carbocycles. The number of ether oxygens (including phenoxy) is 1. The van der Waals surface area contributed by atoms with Crippen molar-refractivity contribution in [2.24, 2.45) is 0 Å². The Bertz CT molecular complexity index is 1020. The third-order valence-corrected chi connectivity index (χ3v) is 4.58. The molecule has 0 spiro atoms. The summed E-state index contributed by atoms with van der Waals surface area (Å²) in [4.78, 5) is 30.6. The number of pyridine rings is 1. The molecule has 152 valence electrons. The van der Waals surface area contributed by atoms with Crippen LogP contribution in [0, 0.1) is 0 Å². The number of carbonyl (C=O) groups is 1. The number of carbonyl (C=O) groups excluding carboxylic acids is 1. The molecule has 0 aliphatic rings. The van der Waals surface area contributed by atoms with Crippen LogP contribution in [0.2, 0.25) is 0 Å². The van der Waals surface area contributed by atoms with Gasteiger partial charge in [-0.25, -0.2) is 0 Å². The highest BCUT2D eigenvalue weighted by Gasteiger charge is 2.14. The molecule has 0 aliphatic heterocycles. The average molecular weight is 396 g/mol. The monoisotopic (exact) mass is 396 g/mol. The zero-order valence-electron chi connectivity index (χ0n) is 16.8. The Labute approximate surface area is 168 Å². The second kappa shape index (κ2) is 9.18. The molecule has 2 aromatic heterocycles. The molecule has 0 fully saturated rings. The summed E-state index contributed by atoms with van der Waals surface area (Å²) in [5, 5.41) is 4.00. The van der Waals surface area contributed by atoms with Crippen molar-refractivity contribution in [3.63, 3.8) is 0 Å². The first-order chi connectivity index (χ1) is 14.0. The van der Waals surface area contributed by atoms with Crippen LogP contribution in [0.15, 0.2) is 51.9 Å². The zero-order chi connectivity index (χ0) is 20.8. The van der Waals surface area contributed by atoms with Crippen LogP contribution in [0.5, 0.6) is 5.75 Å². The van der Waals surface area contributed by atoms with Gasteiger partial charge in [-0.3, -0.25) is 9.59 Å². The van der Waals surface area contributed by atoms with Crippen molar-refractivity contribution in [2.75, 3.05) is 20.7 Å². The second-order valence-electron chi connectivity index (χ2n) is 6.70. The quantitative estimate of drug-likeness (QED) is 0.582. The van der Waals surface area contributed by atoms with Gasteiger partial charge in [-0.2, -0.15) is 4.98 Å². The number of aromatic nitrogens is 3. The van der Waals surface area contributed by atoms with E-state index in [4.69, 9.17) is 9.26 Å². The first-order valence-corrected chi connectivity index (χ1v) is 9.44. The fourth-order valence-corrected chi connectivity index (χ4v) is 2.77. The smallest absolute Gasteiger partial charge is 0.259 e. The van der Waals surface area contributed by atoms with Crippen LogP contribution < -0.4 is 10.3 Å². The van der Waals surface area contributed by atoms with E-state index < -0.39 is 0 Å². The van der Waals surface area contributed by atoms with E-state index in [9.17, 15) is 9.59 Å². The van der Waals surface area contributed by atoms with Gasteiger partial charge in [0.2, 0.25) is 11.7 Å². The Balaban J connectivity index is 1.79. The normalized spacial score (nSPS) is 10.7. The summed E-state index contributed by atoms with van der Waals surface area (Å²) in [6.07, 6.45) is 3.49. The number of likely N-dealkylation sites (N-methyl/N-ethyl adjacent to an activating group) is 1. The van der Waals surface area contributed by atoms with Crippen molar-refractivity contribution in [3.05, 3.63) is 52.9 Å². The highest BCUT2D eigenvalue weighted by atomic mass is 16.5. The number of hydrogen-bond donors (Lipinski definition) is 0. The molecule has 8 nitrogen and oxygen atoms in total. The van der Waals surface area contributed by atoms with Crippen LogP contribution in [0.4, 0.5) is 0 Å². The van der Waals surface area contributed by atoms with E-state index in [2.05, 4.69) is 17.1 Å². The van der Waals surface area contributed by atoms with Gasteiger partial charge >= 0.3 is 0 Å². The molecular weight excluding hydrogens is 372 g/mol. The Kier molecular flexibility index (Phi) is 6.43. The van der Waals surface area contributed by atoms with E-state index in [-0.39, 0.29) is 23.9 Å². The predicted molar refractivity (Wildman–Crippen MR) is 109 cm³/mol. The number of nitrogens with zero attached hydrogens (tertiary/aromatic N) is 4. The molecule has 0 saturated heterocycles. The molecule has 0 bridgehead atoms. The lowest BCUT2D eigenvalue weighted by atomic mass is 10.2. The van der Waals surface area contributed by atoms with Gasteiger partial charge < -0.3 is 18.7 Å². The number of methoxy groups -OCH3 is 1. The van der Waals surface area contributed by atoms with E-state index in [0.717, 1.165) is 24.2 Å². The van der Waals surface area contributed by atoms with Crippen LogP contribution >= 0.6 is 0 Å². The Morgan fingerprint density at radius 3 is 2.59 bits per heavy atom. The standard InChI is InChI=1S/C21H24N4O4/c1-4-5-12-24(2)19(27)14-25-13-16(8-11-18(25)26)21-22-20(23-29-21)15-6-9-17(28-3)10-7-15/h6-11,13H,4-5,12,14H2,1-3H3. The van der Waals surface area contributed by atoms with Crippen LogP contribution in [0.25, 0.3) is 22.8 Å². The minimum absolute atomic E-state index is 0.0354. The molecule has 1 aromatic carbocycles. The summed E-state index contributed by atoms with van der Waals surface area (Å²) in [6, 6.07) is 10.3. The fraction of sp³-hybridized carbons (Fsp3) is 0.333. The van der Waals surface area contributed by atoms with Crippen molar-refractivity contribution in [1.29, 1.82) is 0 Å². The lowest BCUT2D eigenvalue weighted by molar-refractivity contribution is -0.130. The highest BCUT2D eigenvalue weighted by molar-refractivity contribution is 5.75. The van der Waals surface area contributed by atoms with Crippen molar-refractivity contribution in [2.45, 2.75) is 26.3 Å². The third kappa shape index (κ3) is 4.90. The van der Waals surface area contributed by atoms with Gasteiger partial charge in [0, 0.05) is 31.4 Å². The summed E-state index contributed by atoms with van der Waals surface area (Å²) in [6.45, 7) is 2.70. The molecular formula is C21H24N4O4. The molecule has 0 atom stereocenters. The Hall–Kier alpha value is -3.42. The van der Waals surface area contributed by atoms with Crippen LogP contribution in [-0.4, -0.2) is 46.2 Å². The largest absolute Gasteiger partial charge is 0.497 e. The fourth-order valence-electron chi connectivity index (χ4n) is 2.77. The number of hydrogen-bond acceptors (Lipinski definition) is 6. The lowest BCUT2D eigenvalue weighted by Gasteiger charge is -2.17. The summed E-state index contributed by atoms with van der Waals surface area (Å²) >= 11 is 0. The number of unbranched alkanes of at least 4 members (excludes halogenated alkanes) is 1. The van der Waals surface area contributed by atoms with E-state index >= 15 is 0 Å². The molecule has 3 aromatic rings. The summed E-state index contributed by atoms with van der Waals surface area (Å²) < 4.78 is 11.9. The molecule has 1 amide bonds. The molecule has 0 N–H and O–H groups in total. The summed E-state index contributed by atoms with van der Waals surface area (Å²) in [5.41, 5.74) is 1.09. The Morgan fingerprint density at radius 2 is 1.90 bits per heavy atom. The SMILES string of the molecule is CCCCN(C)C(=O)Cn1cc(-c2nc(-c3ccc(OC)cc3)no2)ccc1=O. The van der Waals surface area contributed by atoms with Crippen molar-refractivity contribution >= 4 is 5.91 Å². The number of rotatable bonds is 8. The average Bonchev–Trinajstić information content (AvgIpc) is 3.23. The van der Waals surface area contributed by atoms with Gasteiger partial charge in [0.05, 0.1) is 12.7 Å². The maximum atomic E-state index is 12.4. The second-order valence-corrected chi connectivity index (χ2v) is 6.70. The summed E-state index contributed by atoms with van der Waals surface area (Å²) in [7, 11) is 3.34. The van der Waals surface area contributed by atoms with Crippen LogP contribution in [-0.2, 0) is 11.3 Å². The van der Waals surface area contributed by atoms with Gasteiger partial charge in [-0.1, -0.05) is 18.5 Å². The number of benzene rings is 1. The third-order valence-electron chi connectivity index (χ3n) is 4.58. The molecule has 0 radical (unpaired) electrons. The van der Waals surface area contributed by atoms with Crippen LogP contribution in [0.3, 0.4) is 0 Å². The predicted octanol–water partition coefficient (Wildman–Crippen LogP) is 2.83. The lowest BCUT2D eigenvalue weighted by Crippen LogP contribution is -2.34. The minimum atomic E-state index is -0.263. The maximum Gasteiger partial charge on any atom is 0.259 e. The first-order valence-electron chi connectivity index (χ1n) is 9.44. The van der Waals surface area contributed by atoms with Gasteiger partial charge in [0.1, 0.15) is 12.3 Å². The highest BCUT2D eigenvalue weighted by Crippen LogP contribution is 2.23. The van der Waals surface area contributed by atoms with Crippen molar-refractivity contribution < 1.29 is 14.1 Å². The van der Waals surface area contributed by atoms with Gasteiger partial charge in [-0.05, 0) is 36.8 Å². The Morgan fingerprint density at radius 1 is 1.17 bits per heavy atom. The zero-order valence-corrected chi connectivity index (χ0v) is 16.8. The minimum Gasteiger partial charge on any atom is -0.497 e. The van der Waals surface area contributed by atoms with E-state index in [0.29, 0.717) is 17.9 Å². The molecule has 29 heavy (non-hydrogen) atoms. The van der Waals surface area contributed by atoms with Gasteiger partial charge in [0.15, 0.2) is 0 Å². The molecule has 3 rings (SSSR count). The topological polar surface area (TPSA) is 90.5 Å². The first kappa shape index (κ1) is 20.3. The van der Waals surface area contributed by atoms with Gasteiger partial charge in [0.25, 0.3) is 11.4 Å². The van der Waals surface area contributed by atoms with E-state index in [1.54, 1.807) is 31.3 Å². The summed E-state index contributed by atoms with van der Waals surface area (Å²) in [5.74, 6) is 1.31.